The molecule has 4 aromatic rings. The van der Waals surface area contributed by atoms with E-state index < -0.39 is 19.2 Å². The van der Waals surface area contributed by atoms with Gasteiger partial charge in [0.1, 0.15) is 28.6 Å². The van der Waals surface area contributed by atoms with Gasteiger partial charge >= 0.3 is 7.60 Å². The van der Waals surface area contributed by atoms with Gasteiger partial charge in [-0.2, -0.15) is 0 Å². The molecule has 0 unspecified atom stereocenters. The third-order valence-electron chi connectivity index (χ3n) is 4.81. The van der Waals surface area contributed by atoms with Crippen LogP contribution in [0.4, 0.5) is 10.2 Å². The average Bonchev–Trinajstić information content (AvgIpc) is 3.14. The number of nitrogens with one attached hydrogen (secondary N) is 1. The van der Waals surface area contributed by atoms with Gasteiger partial charge in [0.05, 0.1) is 5.39 Å². The van der Waals surface area contributed by atoms with Crippen LogP contribution >= 0.6 is 30.5 Å². The maximum Gasteiger partial charge on any atom is 0.347 e. The maximum absolute atomic E-state index is 13.5. The second-order valence-corrected chi connectivity index (χ2v) is 10.3. The van der Waals surface area contributed by atoms with Crippen molar-refractivity contribution in [2.45, 2.75) is 19.1 Å². The smallest absolute Gasteiger partial charge is 0.347 e. The highest BCUT2D eigenvalue weighted by molar-refractivity contribution is 7.52. The summed E-state index contributed by atoms with van der Waals surface area (Å²) >= 11 is 7.68. The van der Waals surface area contributed by atoms with Gasteiger partial charge in [0.25, 0.3) is 0 Å². The minimum atomic E-state index is -4.57. The first-order valence-electron chi connectivity index (χ1n) is 9.28. The molecule has 0 radical (unpaired) electrons. The number of rotatable bonds is 6. The van der Waals surface area contributed by atoms with Gasteiger partial charge in [-0.15, -0.1) is 11.3 Å². The van der Waals surface area contributed by atoms with Crippen LogP contribution in [0.2, 0.25) is 5.02 Å². The van der Waals surface area contributed by atoms with E-state index in [0.29, 0.717) is 26.6 Å². The fourth-order valence-corrected chi connectivity index (χ4v) is 5.07. The molecule has 31 heavy (non-hydrogen) atoms. The van der Waals surface area contributed by atoms with E-state index in [1.807, 2.05) is 31.2 Å². The third-order valence-corrected chi connectivity index (χ3v) is 7.44. The van der Waals surface area contributed by atoms with Gasteiger partial charge in [-0.3, -0.25) is 4.57 Å². The van der Waals surface area contributed by atoms with E-state index in [1.54, 1.807) is 6.07 Å². The molecule has 0 fully saturated rings. The number of hydrogen-bond acceptors (Lipinski definition) is 5. The summed E-state index contributed by atoms with van der Waals surface area (Å²) in [5.74, 6) is -1.44. The quantitative estimate of drug-likeness (QED) is 0.312. The summed E-state index contributed by atoms with van der Waals surface area (Å²) in [4.78, 5) is 29.8. The van der Waals surface area contributed by atoms with E-state index in [2.05, 4.69) is 15.3 Å². The van der Waals surface area contributed by atoms with E-state index in [0.717, 1.165) is 16.0 Å². The topological polar surface area (TPSA) is 95.3 Å². The molecule has 3 N–H and O–H groups in total. The highest BCUT2D eigenvalue weighted by atomic mass is 35.5. The van der Waals surface area contributed by atoms with Gasteiger partial charge in [-0.25, -0.2) is 14.4 Å². The van der Waals surface area contributed by atoms with Crippen molar-refractivity contribution in [3.63, 3.8) is 0 Å². The molecule has 2 aromatic heterocycles. The lowest BCUT2D eigenvalue weighted by molar-refractivity contribution is 0.361. The summed E-state index contributed by atoms with van der Waals surface area (Å²) in [6.07, 6.45) is 1.27. The standard InChI is InChI=1S/C21H18ClFN3O3PS/c1-12-5-6-14(9-17(12)22)18-10-16-20(24-11-25-21(16)31-18)26-19(30(27,28)29)8-13-3-2-4-15(23)7-13/h2-7,9-11,19H,8H2,1H3,(H,24,25,26)(H2,27,28,29)/t19-/m0/s1. The summed E-state index contributed by atoms with van der Waals surface area (Å²) in [5.41, 5.74) is 2.35. The molecule has 0 amide bonds. The fourth-order valence-electron chi connectivity index (χ4n) is 3.16. The van der Waals surface area contributed by atoms with Gasteiger partial charge in [-0.1, -0.05) is 35.9 Å². The molecule has 0 aliphatic rings. The molecule has 2 aromatic carbocycles. The second kappa shape index (κ2) is 8.65. The van der Waals surface area contributed by atoms with E-state index in [4.69, 9.17) is 11.6 Å². The first kappa shape index (κ1) is 21.9. The molecule has 6 nitrogen and oxygen atoms in total. The Bertz CT molecular complexity index is 1310. The van der Waals surface area contributed by atoms with Crippen LogP contribution in [0.1, 0.15) is 11.1 Å². The third kappa shape index (κ3) is 4.95. The van der Waals surface area contributed by atoms with E-state index in [9.17, 15) is 18.7 Å². The number of benzene rings is 2. The van der Waals surface area contributed by atoms with E-state index in [-0.39, 0.29) is 6.42 Å². The highest BCUT2D eigenvalue weighted by Gasteiger charge is 2.30. The van der Waals surface area contributed by atoms with Gasteiger partial charge in [0.2, 0.25) is 0 Å². The van der Waals surface area contributed by atoms with Crippen LogP contribution < -0.4 is 5.32 Å². The number of halogens is 2. The lowest BCUT2D eigenvalue weighted by Gasteiger charge is -2.21. The van der Waals surface area contributed by atoms with Crippen molar-refractivity contribution < 1.29 is 18.7 Å². The van der Waals surface area contributed by atoms with Gasteiger partial charge in [0.15, 0.2) is 0 Å². The van der Waals surface area contributed by atoms with Crippen LogP contribution in [0, 0.1) is 12.7 Å². The first-order valence-corrected chi connectivity index (χ1v) is 12.2. The molecule has 1 atom stereocenters. The number of aromatic nitrogens is 2. The lowest BCUT2D eigenvalue weighted by Crippen LogP contribution is -2.23. The van der Waals surface area contributed by atoms with Crippen molar-refractivity contribution in [2.24, 2.45) is 0 Å². The normalized spacial score (nSPS) is 12.8. The minimum Gasteiger partial charge on any atom is -0.355 e. The monoisotopic (exact) mass is 477 g/mol. The first-order chi connectivity index (χ1) is 14.7. The fraction of sp³-hybridized carbons (Fsp3) is 0.143. The Morgan fingerprint density at radius 1 is 1.19 bits per heavy atom. The Hall–Kier alpha value is -2.35. The predicted octanol–water partition coefficient (Wildman–Crippen LogP) is 5.62. The molecule has 2 heterocycles. The van der Waals surface area contributed by atoms with E-state index >= 15 is 0 Å². The van der Waals surface area contributed by atoms with Crippen molar-refractivity contribution in [2.75, 3.05) is 5.32 Å². The largest absolute Gasteiger partial charge is 0.355 e. The summed E-state index contributed by atoms with van der Waals surface area (Å²) in [6.45, 7) is 1.92. The SMILES string of the molecule is Cc1ccc(-c2cc3c(N[C@H](Cc4cccc(F)c4)P(=O)(O)O)ncnc3s2)cc1Cl. The Morgan fingerprint density at radius 3 is 2.71 bits per heavy atom. The molecule has 0 bridgehead atoms. The Morgan fingerprint density at radius 2 is 2.00 bits per heavy atom. The summed E-state index contributed by atoms with van der Waals surface area (Å²) in [5, 5.41) is 4.14. The lowest BCUT2D eigenvalue weighted by atomic mass is 10.1. The number of aryl methyl sites for hydroxylation is 1. The van der Waals surface area contributed by atoms with Crippen LogP contribution in [0.15, 0.2) is 54.9 Å². The molecule has 0 saturated heterocycles. The van der Waals surface area contributed by atoms with Crippen LogP contribution in [0.25, 0.3) is 20.7 Å². The molecular formula is C21H18ClFN3O3PS. The molecular weight excluding hydrogens is 460 g/mol. The summed E-state index contributed by atoms with van der Waals surface area (Å²) in [7, 11) is -4.57. The van der Waals surface area contributed by atoms with Crippen molar-refractivity contribution in [3.05, 3.63) is 76.8 Å². The highest BCUT2D eigenvalue weighted by Crippen LogP contribution is 2.44. The number of thiophene rings is 1. The van der Waals surface area contributed by atoms with E-state index in [1.165, 1.54) is 35.9 Å². The van der Waals surface area contributed by atoms with Crippen molar-refractivity contribution in [1.82, 2.24) is 9.97 Å². The molecule has 4 rings (SSSR count). The Balaban J connectivity index is 1.69. The van der Waals surface area contributed by atoms with Crippen molar-refractivity contribution in [3.8, 4) is 10.4 Å². The van der Waals surface area contributed by atoms with Crippen LogP contribution in [0.5, 0.6) is 0 Å². The number of hydrogen-bond donors (Lipinski definition) is 3. The van der Waals surface area contributed by atoms with Crippen LogP contribution in [-0.2, 0) is 11.0 Å². The van der Waals surface area contributed by atoms with Crippen LogP contribution in [0.3, 0.4) is 0 Å². The zero-order valence-electron chi connectivity index (χ0n) is 16.3. The van der Waals surface area contributed by atoms with Gasteiger partial charge in [0, 0.05) is 16.3 Å². The molecule has 0 aliphatic carbocycles. The summed E-state index contributed by atoms with van der Waals surface area (Å²) in [6, 6.07) is 13.3. The second-order valence-electron chi connectivity index (χ2n) is 7.10. The minimum absolute atomic E-state index is 0.0713. The molecule has 160 valence electrons. The van der Waals surface area contributed by atoms with Crippen molar-refractivity contribution in [1.29, 1.82) is 0 Å². The van der Waals surface area contributed by atoms with Crippen LogP contribution in [-0.4, -0.2) is 25.5 Å². The zero-order chi connectivity index (χ0) is 22.2. The summed E-state index contributed by atoms with van der Waals surface area (Å²) < 4.78 is 25.7. The van der Waals surface area contributed by atoms with Gasteiger partial charge < -0.3 is 15.1 Å². The number of fused-ring (bicyclic) bond motifs is 1. The predicted molar refractivity (Wildman–Crippen MR) is 122 cm³/mol. The zero-order valence-corrected chi connectivity index (χ0v) is 18.8. The molecule has 0 spiro atoms. The average molecular weight is 478 g/mol. The number of anilines is 1. The molecule has 0 aliphatic heterocycles. The Kier molecular flexibility index (Phi) is 6.10. The van der Waals surface area contributed by atoms with Gasteiger partial charge in [-0.05, 0) is 47.9 Å². The van der Waals surface area contributed by atoms with Crippen molar-refractivity contribution >= 4 is 46.6 Å². The number of nitrogens with zero attached hydrogens (tertiary/aromatic N) is 2. The Labute approximate surface area is 186 Å². The molecule has 10 heteroatoms. The molecule has 0 saturated carbocycles. The maximum atomic E-state index is 13.5.